The van der Waals surface area contributed by atoms with Crippen molar-refractivity contribution in [1.82, 2.24) is 24.4 Å². The normalized spacial score (nSPS) is 16.0. The molecular weight excluding hydrogens is 412 g/mol. The lowest BCUT2D eigenvalue weighted by molar-refractivity contribution is -0.132. The van der Waals surface area contributed by atoms with Crippen LogP contribution in [0.25, 0.3) is 0 Å². The summed E-state index contributed by atoms with van der Waals surface area (Å²) in [5.41, 5.74) is 3.04. The van der Waals surface area contributed by atoms with Crippen molar-refractivity contribution in [3.8, 4) is 0 Å². The number of likely N-dealkylation sites (tertiary alicyclic amines) is 1. The van der Waals surface area contributed by atoms with Crippen molar-refractivity contribution in [2.24, 2.45) is 0 Å². The molecule has 0 radical (unpaired) electrons. The topological polar surface area (TPSA) is 93.0 Å². The van der Waals surface area contributed by atoms with Crippen LogP contribution < -0.4 is 11.0 Å². The summed E-state index contributed by atoms with van der Waals surface area (Å²) < 4.78 is 1.56. The van der Waals surface area contributed by atoms with Crippen molar-refractivity contribution in [2.45, 2.75) is 52.6 Å². The molecule has 1 amide bonds. The van der Waals surface area contributed by atoms with Crippen LogP contribution in [0.5, 0.6) is 0 Å². The molecule has 4 rings (SSSR count). The number of aryl methyl sites for hydroxylation is 3. The monoisotopic (exact) mass is 438 g/mol. The van der Waals surface area contributed by atoms with Gasteiger partial charge in [-0.1, -0.05) is 6.07 Å². The average molecular weight is 439 g/mol. The molecule has 0 spiro atoms. The van der Waals surface area contributed by atoms with E-state index in [1.54, 1.807) is 11.5 Å². The van der Waals surface area contributed by atoms with Crippen molar-refractivity contribution >= 4 is 28.2 Å². The number of pyridine rings is 1. The van der Waals surface area contributed by atoms with Crippen LogP contribution in [0, 0.1) is 20.8 Å². The molecule has 8 nitrogen and oxygen atoms in total. The molecule has 162 valence electrons. The van der Waals surface area contributed by atoms with Crippen molar-refractivity contribution in [1.29, 1.82) is 0 Å². The molecule has 1 fully saturated rings. The Morgan fingerprint density at radius 1 is 1.19 bits per heavy atom. The molecule has 3 aromatic rings. The number of aromatic nitrogens is 4. The molecule has 1 aliphatic rings. The van der Waals surface area contributed by atoms with Crippen molar-refractivity contribution in [2.75, 3.05) is 11.9 Å². The van der Waals surface area contributed by atoms with Gasteiger partial charge in [-0.25, -0.2) is 14.8 Å². The Kier molecular flexibility index (Phi) is 6.13. The fourth-order valence-corrected chi connectivity index (χ4v) is 4.69. The van der Waals surface area contributed by atoms with E-state index in [0.717, 1.165) is 40.9 Å². The van der Waals surface area contributed by atoms with E-state index in [2.05, 4.69) is 15.3 Å². The van der Waals surface area contributed by atoms with Crippen LogP contribution in [0.4, 0.5) is 10.9 Å². The lowest BCUT2D eigenvalue weighted by atomic mass is 10.1. The summed E-state index contributed by atoms with van der Waals surface area (Å²) in [6.45, 7) is 6.65. The zero-order valence-electron chi connectivity index (χ0n) is 18.0. The lowest BCUT2D eigenvalue weighted by Crippen LogP contribution is -2.33. The minimum absolute atomic E-state index is 0.0325. The second-order valence-electron chi connectivity index (χ2n) is 7.84. The SMILES string of the molecule is Cc1csc(Nc2cccc([C@@H]3CCCN3C(=O)CCn3c(C)cc(C)nc3=O)n2)n1. The number of hydrogen-bond acceptors (Lipinski definition) is 7. The van der Waals surface area contributed by atoms with Gasteiger partial charge in [0, 0.05) is 36.3 Å². The molecule has 1 aliphatic heterocycles. The molecule has 1 atom stereocenters. The number of nitrogens with zero attached hydrogens (tertiary/aromatic N) is 5. The number of anilines is 2. The first-order valence-electron chi connectivity index (χ1n) is 10.4. The van der Waals surface area contributed by atoms with Crippen molar-refractivity contribution in [3.63, 3.8) is 0 Å². The third-order valence-corrected chi connectivity index (χ3v) is 6.31. The summed E-state index contributed by atoms with van der Waals surface area (Å²) in [7, 11) is 0. The van der Waals surface area contributed by atoms with Gasteiger partial charge in [0.05, 0.1) is 17.4 Å². The van der Waals surface area contributed by atoms with Crippen LogP contribution >= 0.6 is 11.3 Å². The number of thiazole rings is 1. The quantitative estimate of drug-likeness (QED) is 0.633. The molecule has 1 saturated heterocycles. The Labute approximate surface area is 185 Å². The van der Waals surface area contributed by atoms with Gasteiger partial charge in [-0.05, 0) is 51.8 Å². The molecule has 0 aromatic carbocycles. The zero-order valence-corrected chi connectivity index (χ0v) is 18.8. The van der Waals surface area contributed by atoms with Gasteiger partial charge in [-0.15, -0.1) is 11.3 Å². The standard InChI is InChI=1S/C22H26N6O2S/c1-14-12-16(3)27(22(30)24-14)11-9-20(29)28-10-5-7-18(28)17-6-4-8-19(25-17)26-21-23-15(2)13-31-21/h4,6,8,12-13,18H,5,7,9-11H2,1-3H3,(H,23,25,26)/t18-/m0/s1. The second-order valence-corrected chi connectivity index (χ2v) is 8.69. The number of hydrogen-bond donors (Lipinski definition) is 1. The summed E-state index contributed by atoms with van der Waals surface area (Å²) in [6, 6.07) is 7.62. The van der Waals surface area contributed by atoms with Gasteiger partial charge in [0.25, 0.3) is 0 Å². The van der Waals surface area contributed by atoms with E-state index in [1.807, 2.05) is 48.4 Å². The minimum Gasteiger partial charge on any atom is -0.334 e. The van der Waals surface area contributed by atoms with Crippen LogP contribution in [0.15, 0.2) is 34.4 Å². The van der Waals surface area contributed by atoms with Gasteiger partial charge >= 0.3 is 5.69 Å². The Morgan fingerprint density at radius 2 is 2.03 bits per heavy atom. The number of carbonyl (C=O) groups excluding carboxylic acids is 1. The molecule has 9 heteroatoms. The fraction of sp³-hybridized carbons (Fsp3) is 0.409. The Bertz CT molecular complexity index is 1150. The molecule has 1 N–H and O–H groups in total. The third kappa shape index (κ3) is 4.82. The third-order valence-electron chi connectivity index (χ3n) is 5.43. The van der Waals surface area contributed by atoms with Crippen LogP contribution in [0.3, 0.4) is 0 Å². The van der Waals surface area contributed by atoms with Gasteiger partial charge in [0.2, 0.25) is 5.91 Å². The molecular formula is C22H26N6O2S. The van der Waals surface area contributed by atoms with E-state index in [-0.39, 0.29) is 24.1 Å². The molecule has 0 unspecified atom stereocenters. The second kappa shape index (κ2) is 8.97. The van der Waals surface area contributed by atoms with Crippen LogP contribution in [-0.4, -0.2) is 36.9 Å². The van der Waals surface area contributed by atoms with Crippen LogP contribution in [0.2, 0.25) is 0 Å². The average Bonchev–Trinajstić information content (AvgIpc) is 3.36. The molecule has 4 heterocycles. The highest BCUT2D eigenvalue weighted by Crippen LogP contribution is 2.32. The Hall–Kier alpha value is -3.07. The number of rotatable bonds is 6. The highest BCUT2D eigenvalue weighted by atomic mass is 32.1. The first kappa shape index (κ1) is 21.2. The Morgan fingerprint density at radius 3 is 2.77 bits per heavy atom. The van der Waals surface area contributed by atoms with Gasteiger partial charge in [0.1, 0.15) is 5.82 Å². The van der Waals surface area contributed by atoms with E-state index in [4.69, 9.17) is 4.98 Å². The summed E-state index contributed by atoms with van der Waals surface area (Å²) >= 11 is 1.54. The Balaban J connectivity index is 1.46. The summed E-state index contributed by atoms with van der Waals surface area (Å²) in [4.78, 5) is 40.2. The first-order chi connectivity index (χ1) is 14.9. The predicted octanol–water partition coefficient (Wildman–Crippen LogP) is 3.52. The molecule has 31 heavy (non-hydrogen) atoms. The van der Waals surface area contributed by atoms with Gasteiger partial charge in [-0.2, -0.15) is 4.98 Å². The zero-order chi connectivity index (χ0) is 22.0. The highest BCUT2D eigenvalue weighted by Gasteiger charge is 2.30. The summed E-state index contributed by atoms with van der Waals surface area (Å²) in [5.74, 6) is 0.754. The summed E-state index contributed by atoms with van der Waals surface area (Å²) in [5, 5.41) is 6.03. The van der Waals surface area contributed by atoms with E-state index >= 15 is 0 Å². The maximum Gasteiger partial charge on any atom is 0.347 e. The number of amides is 1. The van der Waals surface area contributed by atoms with Crippen molar-refractivity contribution < 1.29 is 4.79 Å². The number of nitrogens with one attached hydrogen (secondary N) is 1. The van der Waals surface area contributed by atoms with Gasteiger partial charge in [0.15, 0.2) is 5.13 Å². The maximum atomic E-state index is 13.0. The predicted molar refractivity (Wildman–Crippen MR) is 121 cm³/mol. The van der Waals surface area contributed by atoms with Gasteiger partial charge < -0.3 is 10.2 Å². The highest BCUT2D eigenvalue weighted by molar-refractivity contribution is 7.13. The van der Waals surface area contributed by atoms with Crippen LogP contribution in [-0.2, 0) is 11.3 Å². The largest absolute Gasteiger partial charge is 0.347 e. The van der Waals surface area contributed by atoms with E-state index < -0.39 is 0 Å². The van der Waals surface area contributed by atoms with E-state index in [9.17, 15) is 9.59 Å². The molecule has 0 saturated carbocycles. The fourth-order valence-electron chi connectivity index (χ4n) is 4.00. The van der Waals surface area contributed by atoms with Crippen molar-refractivity contribution in [3.05, 3.63) is 62.9 Å². The van der Waals surface area contributed by atoms with E-state index in [0.29, 0.717) is 18.8 Å². The molecule has 3 aromatic heterocycles. The molecule has 0 bridgehead atoms. The maximum absolute atomic E-state index is 13.0. The first-order valence-corrected chi connectivity index (χ1v) is 11.3. The van der Waals surface area contributed by atoms with Gasteiger partial charge in [-0.3, -0.25) is 9.36 Å². The summed E-state index contributed by atoms with van der Waals surface area (Å²) in [6.07, 6.45) is 2.08. The lowest BCUT2D eigenvalue weighted by Gasteiger charge is -2.25. The number of carbonyl (C=O) groups is 1. The smallest absolute Gasteiger partial charge is 0.334 e. The van der Waals surface area contributed by atoms with Crippen LogP contribution in [0.1, 0.15) is 48.1 Å². The van der Waals surface area contributed by atoms with E-state index in [1.165, 1.54) is 11.3 Å². The molecule has 0 aliphatic carbocycles. The minimum atomic E-state index is -0.305.